The number of likely N-dealkylation sites (N-methyl/N-ethyl adjacent to an activating group) is 2. The highest BCUT2D eigenvalue weighted by molar-refractivity contribution is 7.17. The van der Waals surface area contributed by atoms with Gasteiger partial charge in [-0.2, -0.15) is 0 Å². The van der Waals surface area contributed by atoms with E-state index < -0.39 is 0 Å². The molecular formula is C18H19ClN4OS. The van der Waals surface area contributed by atoms with Gasteiger partial charge in [-0.05, 0) is 31.5 Å². The molecule has 0 bridgehead atoms. The normalized spacial score (nSPS) is 10.8. The SMILES string of the molecule is CCNC(=O)CN(CC)c1ncnc2scc(-c3ccc(Cl)cc3)c12. The third-order valence-corrected chi connectivity index (χ3v) is 5.03. The molecular weight excluding hydrogens is 356 g/mol. The number of thiophene rings is 1. The topological polar surface area (TPSA) is 58.1 Å². The molecule has 2 aromatic heterocycles. The Morgan fingerprint density at radius 3 is 2.68 bits per heavy atom. The van der Waals surface area contributed by atoms with Crippen LogP contribution in [0.3, 0.4) is 0 Å². The van der Waals surface area contributed by atoms with Gasteiger partial charge in [-0.25, -0.2) is 9.97 Å². The van der Waals surface area contributed by atoms with Gasteiger partial charge in [-0.15, -0.1) is 11.3 Å². The smallest absolute Gasteiger partial charge is 0.239 e. The first-order chi connectivity index (χ1) is 12.1. The van der Waals surface area contributed by atoms with E-state index in [2.05, 4.69) is 20.7 Å². The Labute approximate surface area is 155 Å². The third kappa shape index (κ3) is 3.75. The minimum absolute atomic E-state index is 0.0145. The van der Waals surface area contributed by atoms with E-state index in [-0.39, 0.29) is 12.5 Å². The Kier molecular flexibility index (Phi) is 5.50. The first-order valence-electron chi connectivity index (χ1n) is 8.13. The summed E-state index contributed by atoms with van der Waals surface area (Å²) in [6.07, 6.45) is 1.56. The molecule has 0 saturated heterocycles. The molecule has 0 fully saturated rings. The lowest BCUT2D eigenvalue weighted by atomic mass is 10.1. The zero-order valence-electron chi connectivity index (χ0n) is 14.1. The van der Waals surface area contributed by atoms with E-state index in [1.54, 1.807) is 17.7 Å². The molecule has 0 aliphatic rings. The van der Waals surface area contributed by atoms with Crippen LogP contribution in [0.5, 0.6) is 0 Å². The van der Waals surface area contributed by atoms with E-state index in [0.717, 1.165) is 27.2 Å². The first-order valence-corrected chi connectivity index (χ1v) is 9.39. The Morgan fingerprint density at radius 1 is 1.24 bits per heavy atom. The lowest BCUT2D eigenvalue weighted by Gasteiger charge is -2.22. The standard InChI is InChI=1S/C18H19ClN4OS/c1-3-20-15(24)9-23(4-2)17-16-14(10-25-18(16)22-11-21-17)12-5-7-13(19)8-6-12/h5-8,10-11H,3-4,9H2,1-2H3,(H,20,24). The molecule has 1 N–H and O–H groups in total. The third-order valence-electron chi connectivity index (χ3n) is 3.90. The summed E-state index contributed by atoms with van der Waals surface area (Å²) in [6.45, 7) is 5.49. The van der Waals surface area contributed by atoms with Crippen LogP contribution in [0.2, 0.25) is 5.02 Å². The summed E-state index contributed by atoms with van der Waals surface area (Å²) in [5.74, 6) is 0.768. The number of anilines is 1. The summed E-state index contributed by atoms with van der Waals surface area (Å²) in [5, 5.41) is 6.59. The van der Waals surface area contributed by atoms with Crippen molar-refractivity contribution in [2.45, 2.75) is 13.8 Å². The summed E-state index contributed by atoms with van der Waals surface area (Å²) >= 11 is 7.58. The van der Waals surface area contributed by atoms with Gasteiger partial charge in [-0.3, -0.25) is 4.79 Å². The molecule has 25 heavy (non-hydrogen) atoms. The number of fused-ring (bicyclic) bond motifs is 1. The molecule has 0 radical (unpaired) electrons. The number of carbonyl (C=O) groups excluding carboxylic acids is 1. The van der Waals surface area contributed by atoms with E-state index in [1.807, 2.05) is 43.0 Å². The summed E-state index contributed by atoms with van der Waals surface area (Å²) in [6, 6.07) is 7.72. The summed E-state index contributed by atoms with van der Waals surface area (Å²) in [7, 11) is 0. The second kappa shape index (κ2) is 7.80. The number of nitrogens with one attached hydrogen (secondary N) is 1. The van der Waals surface area contributed by atoms with E-state index in [4.69, 9.17) is 11.6 Å². The number of halogens is 1. The van der Waals surface area contributed by atoms with Gasteiger partial charge in [0.05, 0.1) is 11.9 Å². The monoisotopic (exact) mass is 374 g/mol. The second-order valence-corrected chi connectivity index (χ2v) is 6.80. The van der Waals surface area contributed by atoms with Gasteiger partial charge < -0.3 is 10.2 Å². The Balaban J connectivity index is 2.07. The van der Waals surface area contributed by atoms with Gasteiger partial charge in [-0.1, -0.05) is 23.7 Å². The van der Waals surface area contributed by atoms with E-state index >= 15 is 0 Å². The first kappa shape index (κ1) is 17.6. The molecule has 0 unspecified atom stereocenters. The van der Waals surface area contributed by atoms with Gasteiger partial charge in [0.1, 0.15) is 17.0 Å². The molecule has 0 atom stereocenters. The minimum Gasteiger partial charge on any atom is -0.355 e. The molecule has 5 nitrogen and oxygen atoms in total. The maximum Gasteiger partial charge on any atom is 0.239 e. The van der Waals surface area contributed by atoms with Crippen molar-refractivity contribution in [3.63, 3.8) is 0 Å². The predicted molar refractivity (Wildman–Crippen MR) is 104 cm³/mol. The fourth-order valence-corrected chi connectivity index (χ4v) is 3.74. The highest BCUT2D eigenvalue weighted by Gasteiger charge is 2.18. The van der Waals surface area contributed by atoms with Gasteiger partial charge in [0, 0.05) is 29.1 Å². The van der Waals surface area contributed by atoms with E-state index in [9.17, 15) is 4.79 Å². The van der Waals surface area contributed by atoms with Crippen molar-refractivity contribution >= 4 is 44.9 Å². The molecule has 3 aromatic rings. The van der Waals surface area contributed by atoms with Crippen LogP contribution in [0.1, 0.15) is 13.8 Å². The molecule has 3 rings (SSSR count). The lowest BCUT2D eigenvalue weighted by molar-refractivity contribution is -0.119. The molecule has 7 heteroatoms. The highest BCUT2D eigenvalue weighted by atomic mass is 35.5. The number of nitrogens with zero attached hydrogens (tertiary/aromatic N) is 3. The van der Waals surface area contributed by atoms with E-state index in [1.165, 1.54) is 0 Å². The zero-order chi connectivity index (χ0) is 17.8. The van der Waals surface area contributed by atoms with Crippen LogP contribution >= 0.6 is 22.9 Å². The largest absolute Gasteiger partial charge is 0.355 e. The molecule has 0 saturated carbocycles. The fourth-order valence-electron chi connectivity index (χ4n) is 2.70. The van der Waals surface area contributed by atoms with Crippen LogP contribution in [0.4, 0.5) is 5.82 Å². The average molecular weight is 375 g/mol. The van der Waals surface area contributed by atoms with Crippen LogP contribution < -0.4 is 10.2 Å². The number of aromatic nitrogens is 2. The minimum atomic E-state index is -0.0145. The lowest BCUT2D eigenvalue weighted by Crippen LogP contribution is -2.37. The van der Waals surface area contributed by atoms with Crippen LogP contribution in [-0.4, -0.2) is 35.5 Å². The number of hydrogen-bond acceptors (Lipinski definition) is 5. The van der Waals surface area contributed by atoms with Gasteiger partial charge in [0.25, 0.3) is 0 Å². The Morgan fingerprint density at radius 2 is 2.00 bits per heavy atom. The van der Waals surface area contributed by atoms with Crippen molar-refractivity contribution in [2.75, 3.05) is 24.5 Å². The number of carbonyl (C=O) groups is 1. The second-order valence-electron chi connectivity index (χ2n) is 5.50. The molecule has 0 aliphatic heterocycles. The highest BCUT2D eigenvalue weighted by Crippen LogP contribution is 2.38. The summed E-state index contributed by atoms with van der Waals surface area (Å²) in [5.41, 5.74) is 2.11. The van der Waals surface area contributed by atoms with Crippen LogP contribution in [-0.2, 0) is 4.79 Å². The molecule has 1 amide bonds. The zero-order valence-corrected chi connectivity index (χ0v) is 15.7. The number of amides is 1. The number of rotatable bonds is 6. The Hall–Kier alpha value is -2.18. The fraction of sp³-hybridized carbons (Fsp3) is 0.278. The van der Waals surface area contributed by atoms with Crippen molar-refractivity contribution in [3.05, 3.63) is 41.0 Å². The summed E-state index contributed by atoms with van der Waals surface area (Å²) in [4.78, 5) is 23.8. The van der Waals surface area contributed by atoms with Crippen molar-refractivity contribution < 1.29 is 4.79 Å². The van der Waals surface area contributed by atoms with E-state index in [0.29, 0.717) is 18.1 Å². The predicted octanol–water partition coefficient (Wildman–Crippen LogP) is 3.97. The van der Waals surface area contributed by atoms with Crippen LogP contribution in [0.25, 0.3) is 21.3 Å². The van der Waals surface area contributed by atoms with Gasteiger partial charge in [0.15, 0.2) is 0 Å². The van der Waals surface area contributed by atoms with Crippen LogP contribution in [0.15, 0.2) is 36.0 Å². The molecule has 0 aliphatic carbocycles. The average Bonchev–Trinajstić information content (AvgIpc) is 3.05. The number of hydrogen-bond donors (Lipinski definition) is 1. The molecule has 2 heterocycles. The number of benzene rings is 1. The van der Waals surface area contributed by atoms with Crippen molar-refractivity contribution in [3.8, 4) is 11.1 Å². The molecule has 0 spiro atoms. The molecule has 1 aromatic carbocycles. The maximum absolute atomic E-state index is 12.0. The maximum atomic E-state index is 12.0. The van der Waals surface area contributed by atoms with Crippen molar-refractivity contribution in [1.29, 1.82) is 0 Å². The van der Waals surface area contributed by atoms with Gasteiger partial charge in [0.2, 0.25) is 5.91 Å². The Bertz CT molecular complexity index is 878. The summed E-state index contributed by atoms with van der Waals surface area (Å²) < 4.78 is 0. The van der Waals surface area contributed by atoms with Gasteiger partial charge >= 0.3 is 0 Å². The van der Waals surface area contributed by atoms with Crippen molar-refractivity contribution in [1.82, 2.24) is 15.3 Å². The van der Waals surface area contributed by atoms with Crippen molar-refractivity contribution in [2.24, 2.45) is 0 Å². The molecule has 130 valence electrons. The quantitative estimate of drug-likeness (QED) is 0.709. The van der Waals surface area contributed by atoms with Crippen LogP contribution in [0, 0.1) is 0 Å².